The lowest BCUT2D eigenvalue weighted by atomic mass is 10.0. The van der Waals surface area contributed by atoms with Gasteiger partial charge in [-0.05, 0) is 38.3 Å². The molecule has 1 aromatic heterocycles. The highest BCUT2D eigenvalue weighted by molar-refractivity contribution is 5.98. The van der Waals surface area contributed by atoms with Gasteiger partial charge in [-0.1, -0.05) is 17.3 Å². The molecule has 0 unspecified atom stereocenters. The molecule has 1 saturated heterocycles. The molecule has 1 aromatic carbocycles. The zero-order chi connectivity index (χ0) is 16.0. The molecule has 120 valence electrons. The van der Waals surface area contributed by atoms with Gasteiger partial charge in [-0.3, -0.25) is 4.79 Å². The monoisotopic (exact) mass is 312 g/mol. The van der Waals surface area contributed by atoms with Crippen molar-refractivity contribution in [3.8, 4) is 5.75 Å². The van der Waals surface area contributed by atoms with Gasteiger partial charge in [0.15, 0.2) is 0 Å². The molecule has 1 atom stereocenters. The van der Waals surface area contributed by atoms with Gasteiger partial charge in [0.25, 0.3) is 5.91 Å². The van der Waals surface area contributed by atoms with Gasteiger partial charge in [0.1, 0.15) is 11.5 Å². The lowest BCUT2D eigenvalue weighted by molar-refractivity contribution is 0.0731. The first kappa shape index (κ1) is 14.3. The van der Waals surface area contributed by atoms with Gasteiger partial charge >= 0.3 is 0 Å². The van der Waals surface area contributed by atoms with Crippen LogP contribution in [0.5, 0.6) is 5.75 Å². The summed E-state index contributed by atoms with van der Waals surface area (Å²) in [6, 6.07) is 5.90. The minimum absolute atomic E-state index is 0.0472. The molecule has 2 aliphatic heterocycles. The second-order valence-corrected chi connectivity index (χ2v) is 6.29. The molecule has 0 spiro atoms. The van der Waals surface area contributed by atoms with Crippen LogP contribution in [0.15, 0.2) is 22.7 Å². The molecule has 0 bridgehead atoms. The van der Waals surface area contributed by atoms with Crippen LogP contribution in [0.3, 0.4) is 0 Å². The Kier molecular flexibility index (Phi) is 3.36. The summed E-state index contributed by atoms with van der Waals surface area (Å²) in [6.45, 7) is 5.28. The van der Waals surface area contributed by atoms with Gasteiger partial charge < -0.3 is 14.2 Å². The van der Waals surface area contributed by atoms with Crippen molar-refractivity contribution in [1.29, 1.82) is 0 Å². The fourth-order valence-electron chi connectivity index (χ4n) is 3.81. The quantitative estimate of drug-likeness (QED) is 0.854. The van der Waals surface area contributed by atoms with Crippen molar-refractivity contribution in [1.82, 2.24) is 10.1 Å². The molecule has 5 heteroatoms. The van der Waals surface area contributed by atoms with Crippen LogP contribution >= 0.6 is 0 Å². The number of rotatable bonds is 2. The van der Waals surface area contributed by atoms with Crippen LogP contribution in [-0.2, 0) is 6.42 Å². The van der Waals surface area contributed by atoms with Crippen LogP contribution in [0, 0.1) is 13.8 Å². The van der Waals surface area contributed by atoms with Crippen LogP contribution in [0.4, 0.5) is 0 Å². The summed E-state index contributed by atoms with van der Waals surface area (Å²) in [5.41, 5.74) is 3.74. The van der Waals surface area contributed by atoms with Crippen molar-refractivity contribution in [3.05, 3.63) is 46.3 Å². The highest BCUT2D eigenvalue weighted by atomic mass is 16.5. The normalized spacial score (nSPS) is 19.7. The van der Waals surface area contributed by atoms with Gasteiger partial charge in [0.2, 0.25) is 0 Å². The van der Waals surface area contributed by atoms with Gasteiger partial charge in [-0.2, -0.15) is 0 Å². The fraction of sp³-hybridized carbons (Fsp3) is 0.444. The van der Waals surface area contributed by atoms with Crippen LogP contribution in [-0.4, -0.2) is 29.1 Å². The average molecular weight is 312 g/mol. The third-order valence-electron chi connectivity index (χ3n) is 4.88. The summed E-state index contributed by atoms with van der Waals surface area (Å²) in [4.78, 5) is 15.1. The average Bonchev–Trinajstić information content (AvgIpc) is 3.26. The molecular formula is C18H20N2O3. The molecule has 1 amide bonds. The maximum atomic E-state index is 13.1. The first-order chi connectivity index (χ1) is 11.2. The van der Waals surface area contributed by atoms with Crippen molar-refractivity contribution < 1.29 is 14.1 Å². The van der Waals surface area contributed by atoms with Crippen molar-refractivity contribution >= 4 is 5.91 Å². The number of ether oxygens (including phenoxy) is 1. The Morgan fingerprint density at radius 1 is 1.35 bits per heavy atom. The second kappa shape index (κ2) is 5.41. The van der Waals surface area contributed by atoms with E-state index in [2.05, 4.69) is 5.16 Å². The lowest BCUT2D eigenvalue weighted by Gasteiger charge is -2.25. The lowest BCUT2D eigenvalue weighted by Crippen LogP contribution is -2.31. The fourth-order valence-corrected chi connectivity index (χ4v) is 3.81. The van der Waals surface area contributed by atoms with E-state index in [-0.39, 0.29) is 11.9 Å². The number of carbonyl (C=O) groups is 1. The summed E-state index contributed by atoms with van der Waals surface area (Å²) in [6.07, 6.45) is 2.82. The first-order valence-corrected chi connectivity index (χ1v) is 8.15. The number of hydrogen-bond donors (Lipinski definition) is 0. The van der Waals surface area contributed by atoms with Gasteiger partial charge in [-0.15, -0.1) is 0 Å². The number of nitrogens with zero attached hydrogens (tertiary/aromatic N) is 2. The Morgan fingerprint density at radius 3 is 3.00 bits per heavy atom. The highest BCUT2D eigenvalue weighted by Gasteiger charge is 2.35. The molecule has 2 aliphatic rings. The highest BCUT2D eigenvalue weighted by Crippen LogP contribution is 2.38. The number of benzene rings is 1. The summed E-state index contributed by atoms with van der Waals surface area (Å²) in [7, 11) is 0. The molecular weight excluding hydrogens is 292 g/mol. The molecule has 4 rings (SSSR count). The minimum Gasteiger partial charge on any atom is -0.492 e. The summed E-state index contributed by atoms with van der Waals surface area (Å²) < 4.78 is 11.0. The number of fused-ring (bicyclic) bond motifs is 1. The van der Waals surface area contributed by atoms with E-state index in [0.717, 1.165) is 54.1 Å². The van der Waals surface area contributed by atoms with E-state index < -0.39 is 0 Å². The van der Waals surface area contributed by atoms with E-state index in [1.165, 1.54) is 0 Å². The Hall–Kier alpha value is -2.30. The molecule has 3 heterocycles. The number of para-hydroxylation sites is 1. The Bertz CT molecular complexity index is 746. The molecule has 23 heavy (non-hydrogen) atoms. The predicted octanol–water partition coefficient (Wildman–Crippen LogP) is 3.20. The summed E-state index contributed by atoms with van der Waals surface area (Å²) >= 11 is 0. The Balaban J connectivity index is 1.70. The Labute approximate surface area is 135 Å². The number of aryl methyl sites for hydroxylation is 2. The molecule has 0 saturated carbocycles. The zero-order valence-electron chi connectivity index (χ0n) is 13.5. The molecule has 0 radical (unpaired) electrons. The third-order valence-corrected chi connectivity index (χ3v) is 4.88. The minimum atomic E-state index is 0.0472. The Morgan fingerprint density at radius 2 is 2.22 bits per heavy atom. The van der Waals surface area contributed by atoms with Crippen LogP contribution in [0.2, 0.25) is 0 Å². The summed E-state index contributed by atoms with van der Waals surface area (Å²) in [5, 5.41) is 4.05. The maximum Gasteiger partial charge on any atom is 0.258 e. The van der Waals surface area contributed by atoms with Crippen molar-refractivity contribution in [2.75, 3.05) is 13.2 Å². The van der Waals surface area contributed by atoms with E-state index in [4.69, 9.17) is 9.26 Å². The van der Waals surface area contributed by atoms with Crippen LogP contribution in [0.1, 0.15) is 51.8 Å². The second-order valence-electron chi connectivity index (χ2n) is 6.29. The maximum absolute atomic E-state index is 13.1. The van der Waals surface area contributed by atoms with Crippen LogP contribution in [0.25, 0.3) is 0 Å². The SMILES string of the molecule is Cc1noc(C)c1[C@@H]1CCCN1C(=O)c1cccc2c1OCC2. The van der Waals surface area contributed by atoms with E-state index in [0.29, 0.717) is 12.2 Å². The van der Waals surface area contributed by atoms with Gasteiger partial charge in [-0.25, -0.2) is 0 Å². The van der Waals surface area contributed by atoms with Crippen molar-refractivity contribution in [3.63, 3.8) is 0 Å². The number of carbonyl (C=O) groups excluding carboxylic acids is 1. The van der Waals surface area contributed by atoms with Crippen LogP contribution < -0.4 is 4.74 Å². The predicted molar refractivity (Wildman–Crippen MR) is 84.6 cm³/mol. The number of amides is 1. The van der Waals surface area contributed by atoms with Crippen molar-refractivity contribution in [2.45, 2.75) is 39.2 Å². The third kappa shape index (κ3) is 2.22. The number of likely N-dealkylation sites (tertiary alicyclic amines) is 1. The van der Waals surface area contributed by atoms with Gasteiger partial charge in [0.05, 0.1) is 23.9 Å². The van der Waals surface area contributed by atoms with Gasteiger partial charge in [0, 0.05) is 18.5 Å². The van der Waals surface area contributed by atoms with E-state index in [9.17, 15) is 4.79 Å². The van der Waals surface area contributed by atoms with Crippen molar-refractivity contribution in [2.24, 2.45) is 0 Å². The van der Waals surface area contributed by atoms with E-state index >= 15 is 0 Å². The molecule has 2 aromatic rings. The molecule has 1 fully saturated rings. The summed E-state index contributed by atoms with van der Waals surface area (Å²) in [5.74, 6) is 1.62. The first-order valence-electron chi connectivity index (χ1n) is 8.15. The molecule has 0 N–H and O–H groups in total. The molecule has 5 nitrogen and oxygen atoms in total. The molecule has 0 aliphatic carbocycles. The number of aromatic nitrogens is 1. The zero-order valence-corrected chi connectivity index (χ0v) is 13.5. The number of hydrogen-bond acceptors (Lipinski definition) is 4. The largest absolute Gasteiger partial charge is 0.492 e. The van der Waals surface area contributed by atoms with E-state index in [1.54, 1.807) is 0 Å². The smallest absolute Gasteiger partial charge is 0.258 e. The standard InChI is InChI=1S/C18H20N2O3/c1-11-16(12(2)23-19-11)15-7-4-9-20(15)18(21)14-6-3-5-13-8-10-22-17(13)14/h3,5-6,15H,4,7-10H2,1-2H3/t15-/m0/s1. The topological polar surface area (TPSA) is 55.6 Å². The van der Waals surface area contributed by atoms with E-state index in [1.807, 2.05) is 36.9 Å².